The lowest BCUT2D eigenvalue weighted by Gasteiger charge is -2.23. The summed E-state index contributed by atoms with van der Waals surface area (Å²) in [5, 5.41) is 0.918. The summed E-state index contributed by atoms with van der Waals surface area (Å²) < 4.78 is 5.13. The molecule has 0 unspecified atom stereocenters. The van der Waals surface area contributed by atoms with Crippen molar-refractivity contribution in [3.05, 3.63) is 17.6 Å². The van der Waals surface area contributed by atoms with Crippen LogP contribution in [0.2, 0.25) is 0 Å². The van der Waals surface area contributed by atoms with Gasteiger partial charge in [-0.25, -0.2) is 9.97 Å². The van der Waals surface area contributed by atoms with E-state index in [-0.39, 0.29) is 0 Å². The molecule has 0 fully saturated rings. The molecule has 5 heteroatoms. The average molecular weight is 302 g/mol. The molecule has 0 saturated heterocycles. The van der Waals surface area contributed by atoms with Crippen LogP contribution >= 0.6 is 15.9 Å². The van der Waals surface area contributed by atoms with Gasteiger partial charge in [-0.2, -0.15) is 0 Å². The highest BCUT2D eigenvalue weighted by Gasteiger charge is 2.09. The first kappa shape index (κ1) is 14.4. The van der Waals surface area contributed by atoms with E-state index in [1.165, 1.54) is 0 Å². The average Bonchev–Trinajstić information content (AvgIpc) is 2.33. The number of nitrogens with zero attached hydrogens (tertiary/aromatic N) is 3. The molecule has 0 aliphatic heterocycles. The molecule has 0 spiro atoms. The lowest BCUT2D eigenvalue weighted by Crippen LogP contribution is -2.30. The summed E-state index contributed by atoms with van der Waals surface area (Å²) in [5.41, 5.74) is 1.09. The number of hydrogen-bond acceptors (Lipinski definition) is 4. The van der Waals surface area contributed by atoms with Crippen LogP contribution in [-0.4, -0.2) is 42.1 Å². The van der Waals surface area contributed by atoms with Gasteiger partial charge in [-0.1, -0.05) is 22.9 Å². The molecule has 1 heterocycles. The highest BCUT2D eigenvalue weighted by atomic mass is 79.9. The monoisotopic (exact) mass is 301 g/mol. The van der Waals surface area contributed by atoms with Crippen LogP contribution < -0.4 is 4.90 Å². The summed E-state index contributed by atoms with van der Waals surface area (Å²) in [7, 11) is 1.72. The summed E-state index contributed by atoms with van der Waals surface area (Å²) in [6, 6.07) is 2.06. The van der Waals surface area contributed by atoms with E-state index in [4.69, 9.17) is 4.74 Å². The van der Waals surface area contributed by atoms with E-state index in [0.29, 0.717) is 6.61 Å². The molecular formula is C12H20BrN3O. The Morgan fingerprint density at radius 2 is 2.12 bits per heavy atom. The van der Waals surface area contributed by atoms with Gasteiger partial charge < -0.3 is 9.64 Å². The first-order valence-electron chi connectivity index (χ1n) is 5.85. The maximum absolute atomic E-state index is 5.13. The smallest absolute Gasteiger partial charge is 0.132 e. The largest absolute Gasteiger partial charge is 0.383 e. The molecule has 0 N–H and O–H groups in total. The van der Waals surface area contributed by atoms with Crippen LogP contribution in [0.4, 0.5) is 5.82 Å². The minimum atomic E-state index is 0.706. The quantitative estimate of drug-likeness (QED) is 0.724. The second-order valence-corrected chi connectivity index (χ2v) is 4.58. The molecule has 1 aromatic heterocycles. The fraction of sp³-hybridized carbons (Fsp3) is 0.667. The van der Waals surface area contributed by atoms with Crippen molar-refractivity contribution in [1.29, 1.82) is 0 Å². The fourth-order valence-corrected chi connectivity index (χ4v) is 2.03. The fourth-order valence-electron chi connectivity index (χ4n) is 1.60. The third-order valence-electron chi connectivity index (χ3n) is 2.48. The summed E-state index contributed by atoms with van der Waals surface area (Å²) in [4.78, 5) is 11.1. The van der Waals surface area contributed by atoms with Gasteiger partial charge in [0.2, 0.25) is 0 Å². The second kappa shape index (κ2) is 7.61. The van der Waals surface area contributed by atoms with Gasteiger partial charge in [0.05, 0.1) is 6.61 Å². The third kappa shape index (κ3) is 4.60. The van der Waals surface area contributed by atoms with Gasteiger partial charge >= 0.3 is 0 Å². The molecule has 0 bridgehead atoms. The summed E-state index contributed by atoms with van der Waals surface area (Å²) in [6.07, 6.45) is 0.933. The molecule has 0 aliphatic carbocycles. The van der Waals surface area contributed by atoms with Crippen molar-refractivity contribution in [2.24, 2.45) is 0 Å². The predicted octanol–water partition coefficient (Wildman–Crippen LogP) is 2.20. The van der Waals surface area contributed by atoms with Gasteiger partial charge in [0.1, 0.15) is 11.6 Å². The number of halogens is 1. The Labute approximate surface area is 112 Å². The molecule has 1 rings (SSSR count). The van der Waals surface area contributed by atoms with Gasteiger partial charge in [-0.15, -0.1) is 0 Å². The molecule has 1 aromatic rings. The number of anilines is 1. The zero-order chi connectivity index (χ0) is 12.7. The number of rotatable bonds is 7. The maximum Gasteiger partial charge on any atom is 0.132 e. The number of aromatic nitrogens is 2. The number of ether oxygens (including phenoxy) is 1. The van der Waals surface area contributed by atoms with Crippen molar-refractivity contribution in [1.82, 2.24) is 9.97 Å². The normalized spacial score (nSPS) is 10.6. The Morgan fingerprint density at radius 1 is 1.35 bits per heavy atom. The lowest BCUT2D eigenvalue weighted by atomic mass is 10.3. The first-order valence-corrected chi connectivity index (χ1v) is 6.97. The molecule has 4 nitrogen and oxygen atoms in total. The number of hydrogen-bond donors (Lipinski definition) is 0. The van der Waals surface area contributed by atoms with E-state index in [0.717, 1.165) is 42.2 Å². The van der Waals surface area contributed by atoms with Gasteiger partial charge in [0, 0.05) is 37.3 Å². The summed E-state index contributed by atoms with van der Waals surface area (Å²) in [5.74, 6) is 1.82. The predicted molar refractivity (Wildman–Crippen MR) is 74.0 cm³/mol. The Hall–Kier alpha value is -0.680. The Bertz CT molecular complexity index is 347. The van der Waals surface area contributed by atoms with Crippen LogP contribution in [-0.2, 0) is 11.2 Å². The Morgan fingerprint density at radius 3 is 2.71 bits per heavy atom. The SMILES string of the molecule is CCc1cc(N(CCBr)CCOC)nc(C)n1. The number of aryl methyl sites for hydroxylation is 2. The lowest BCUT2D eigenvalue weighted by molar-refractivity contribution is 0.205. The molecule has 0 aliphatic rings. The molecule has 0 amide bonds. The van der Waals surface area contributed by atoms with E-state index in [2.05, 4.69) is 43.8 Å². The van der Waals surface area contributed by atoms with Crippen molar-refractivity contribution in [3.63, 3.8) is 0 Å². The van der Waals surface area contributed by atoms with Crippen molar-refractivity contribution >= 4 is 21.7 Å². The number of alkyl halides is 1. The molecule has 0 saturated carbocycles. The molecule has 0 radical (unpaired) electrons. The van der Waals surface area contributed by atoms with Gasteiger partial charge in [0.15, 0.2) is 0 Å². The van der Waals surface area contributed by atoms with Crippen LogP contribution in [0, 0.1) is 6.92 Å². The van der Waals surface area contributed by atoms with E-state index in [1.54, 1.807) is 7.11 Å². The number of methoxy groups -OCH3 is 1. The molecule has 0 atom stereocenters. The summed E-state index contributed by atoms with van der Waals surface area (Å²) in [6.45, 7) is 6.52. The van der Waals surface area contributed by atoms with Crippen molar-refractivity contribution in [3.8, 4) is 0 Å². The van der Waals surface area contributed by atoms with Crippen LogP contribution in [0.1, 0.15) is 18.4 Å². The van der Waals surface area contributed by atoms with E-state index >= 15 is 0 Å². The van der Waals surface area contributed by atoms with Crippen LogP contribution in [0.25, 0.3) is 0 Å². The minimum Gasteiger partial charge on any atom is -0.383 e. The van der Waals surface area contributed by atoms with Crippen molar-refractivity contribution in [2.75, 3.05) is 37.0 Å². The first-order chi connectivity index (χ1) is 8.21. The highest BCUT2D eigenvalue weighted by molar-refractivity contribution is 9.09. The van der Waals surface area contributed by atoms with Crippen molar-refractivity contribution in [2.45, 2.75) is 20.3 Å². The zero-order valence-electron chi connectivity index (χ0n) is 10.7. The summed E-state index contributed by atoms with van der Waals surface area (Å²) >= 11 is 3.47. The van der Waals surface area contributed by atoms with Crippen LogP contribution in [0.5, 0.6) is 0 Å². The molecule has 17 heavy (non-hydrogen) atoms. The third-order valence-corrected chi connectivity index (χ3v) is 2.84. The Balaban J connectivity index is 2.87. The second-order valence-electron chi connectivity index (χ2n) is 3.79. The molecule has 0 aromatic carbocycles. The minimum absolute atomic E-state index is 0.706. The van der Waals surface area contributed by atoms with E-state index < -0.39 is 0 Å². The topological polar surface area (TPSA) is 38.2 Å². The van der Waals surface area contributed by atoms with Gasteiger partial charge in [0.25, 0.3) is 0 Å². The van der Waals surface area contributed by atoms with E-state index in [1.807, 2.05) is 6.92 Å². The maximum atomic E-state index is 5.13. The highest BCUT2D eigenvalue weighted by Crippen LogP contribution is 2.13. The van der Waals surface area contributed by atoms with Gasteiger partial charge in [-0.05, 0) is 13.3 Å². The zero-order valence-corrected chi connectivity index (χ0v) is 12.3. The van der Waals surface area contributed by atoms with Crippen LogP contribution in [0.3, 0.4) is 0 Å². The molecule has 96 valence electrons. The van der Waals surface area contributed by atoms with Crippen LogP contribution in [0.15, 0.2) is 6.07 Å². The van der Waals surface area contributed by atoms with Crippen molar-refractivity contribution < 1.29 is 4.74 Å². The van der Waals surface area contributed by atoms with E-state index in [9.17, 15) is 0 Å². The standard InChI is InChI=1S/C12H20BrN3O/c1-4-11-9-12(15-10(2)14-11)16(6-5-13)7-8-17-3/h9H,4-8H2,1-3H3. The Kier molecular flexibility index (Phi) is 6.44. The molecular weight excluding hydrogens is 282 g/mol. The van der Waals surface area contributed by atoms with Gasteiger partial charge in [-0.3, -0.25) is 0 Å².